The lowest BCUT2D eigenvalue weighted by Crippen LogP contribution is -2.32. The number of nitrogens with zero attached hydrogens (tertiary/aromatic N) is 2. The molecule has 0 fully saturated rings. The van der Waals surface area contributed by atoms with E-state index in [2.05, 4.69) is 31.1 Å². The zero-order chi connectivity index (χ0) is 20.3. The molecule has 3 rings (SSSR count). The minimum Gasteiger partial charge on any atom is -0.359 e. The van der Waals surface area contributed by atoms with Crippen LogP contribution in [0.5, 0.6) is 0 Å². The molecule has 4 N–H and O–H groups in total. The molecule has 2 aliphatic rings. The van der Waals surface area contributed by atoms with Crippen molar-refractivity contribution < 1.29 is 18.0 Å². The van der Waals surface area contributed by atoms with Crippen LogP contribution in [0.3, 0.4) is 0 Å². The molecular weight excluding hydrogens is 373 g/mol. The molecule has 0 aliphatic carbocycles. The van der Waals surface area contributed by atoms with Crippen LogP contribution in [0.15, 0.2) is 28.2 Å². The third-order valence-electron chi connectivity index (χ3n) is 4.50. The van der Waals surface area contributed by atoms with Crippen molar-refractivity contribution in [1.82, 2.24) is 21.0 Å². The summed E-state index contributed by atoms with van der Waals surface area (Å²) in [6, 6.07) is 0. The molecule has 10 heteroatoms. The highest BCUT2D eigenvalue weighted by Gasteiger charge is 2.38. The fraction of sp³-hybridized carbons (Fsp3) is 0.389. The molecule has 0 spiro atoms. The SMILES string of the molecule is CCNCCc1c(C)[nH]c(C=C2NC=CN=C2C2C=NNC2=O)c1C(F)(F)F. The lowest BCUT2D eigenvalue weighted by atomic mass is 9.99. The first kappa shape index (κ1) is 19.9. The van der Waals surface area contributed by atoms with Crippen LogP contribution in [0, 0.1) is 12.8 Å². The van der Waals surface area contributed by atoms with E-state index in [1.54, 1.807) is 6.92 Å². The smallest absolute Gasteiger partial charge is 0.359 e. The van der Waals surface area contributed by atoms with Gasteiger partial charge in [-0.05, 0) is 38.1 Å². The van der Waals surface area contributed by atoms with E-state index < -0.39 is 17.7 Å². The van der Waals surface area contributed by atoms with Crippen molar-refractivity contribution in [3.63, 3.8) is 0 Å². The number of aliphatic imine (C=N–C) groups is 1. The van der Waals surface area contributed by atoms with Gasteiger partial charge in [0.05, 0.1) is 22.7 Å². The lowest BCUT2D eigenvalue weighted by molar-refractivity contribution is -0.138. The van der Waals surface area contributed by atoms with E-state index in [4.69, 9.17) is 0 Å². The summed E-state index contributed by atoms with van der Waals surface area (Å²) in [7, 11) is 0. The maximum absolute atomic E-state index is 13.8. The Balaban J connectivity index is 2.01. The van der Waals surface area contributed by atoms with E-state index in [0.717, 1.165) is 0 Å². The molecule has 2 aliphatic heterocycles. The van der Waals surface area contributed by atoms with Gasteiger partial charge in [0, 0.05) is 24.3 Å². The Bertz CT molecular complexity index is 879. The molecule has 0 aromatic carbocycles. The number of aryl methyl sites for hydroxylation is 1. The number of nitrogens with one attached hydrogen (secondary N) is 4. The third kappa shape index (κ3) is 4.01. The predicted octanol–water partition coefficient (Wildman–Crippen LogP) is 2.08. The van der Waals surface area contributed by atoms with Crippen LogP contribution in [0.2, 0.25) is 0 Å². The summed E-state index contributed by atoms with van der Waals surface area (Å²) in [5.74, 6) is -1.14. The average Bonchev–Trinajstić information content (AvgIpc) is 3.19. The number of hydrogen-bond donors (Lipinski definition) is 4. The van der Waals surface area contributed by atoms with Crippen molar-refractivity contribution in [2.75, 3.05) is 13.1 Å². The van der Waals surface area contributed by atoms with E-state index in [-0.39, 0.29) is 23.6 Å². The van der Waals surface area contributed by atoms with E-state index >= 15 is 0 Å². The minimum atomic E-state index is -4.52. The Morgan fingerprint density at radius 2 is 2.14 bits per heavy atom. The number of allylic oxidation sites excluding steroid dienone is 1. The normalized spacial score (nSPS) is 20.5. The first-order chi connectivity index (χ1) is 13.3. The summed E-state index contributed by atoms with van der Waals surface area (Å²) >= 11 is 0. The van der Waals surface area contributed by atoms with Gasteiger partial charge in [0.15, 0.2) is 0 Å². The van der Waals surface area contributed by atoms with Crippen molar-refractivity contribution in [2.24, 2.45) is 16.0 Å². The van der Waals surface area contributed by atoms with Gasteiger partial charge in [-0.2, -0.15) is 18.3 Å². The van der Waals surface area contributed by atoms with Crippen LogP contribution in [0.4, 0.5) is 13.2 Å². The lowest BCUT2D eigenvalue weighted by Gasteiger charge is -2.17. The number of rotatable bonds is 6. The standard InChI is InChI=1S/C18H21F3N6O/c1-3-22-5-4-11-10(2)26-13(15(11)18(19,20)21)8-14-16(24-7-6-23-14)12-9-25-27-17(12)28/h6-9,12,22-23,26H,3-5H2,1-2H3,(H,27,28). The van der Waals surface area contributed by atoms with Crippen LogP contribution in [0.1, 0.15) is 29.4 Å². The Hall–Kier alpha value is -2.88. The molecule has 0 bridgehead atoms. The van der Waals surface area contributed by atoms with Crippen LogP contribution in [-0.2, 0) is 17.4 Å². The quantitative estimate of drug-likeness (QED) is 0.557. The summed E-state index contributed by atoms with van der Waals surface area (Å²) in [5.41, 5.74) is 2.83. The molecule has 0 saturated heterocycles. The molecule has 0 radical (unpaired) electrons. The number of hydrogen-bond acceptors (Lipinski definition) is 5. The van der Waals surface area contributed by atoms with E-state index in [1.807, 2.05) is 6.92 Å². The van der Waals surface area contributed by atoms with Crippen molar-refractivity contribution >= 4 is 23.9 Å². The zero-order valence-corrected chi connectivity index (χ0v) is 15.4. The number of likely N-dealkylation sites (N-methyl/N-ethyl adjacent to an activating group) is 1. The Morgan fingerprint density at radius 1 is 1.36 bits per heavy atom. The molecule has 1 atom stereocenters. The number of carbonyl (C=O) groups is 1. The van der Waals surface area contributed by atoms with Crippen molar-refractivity contribution in [3.8, 4) is 0 Å². The maximum atomic E-state index is 13.8. The van der Waals surface area contributed by atoms with E-state index in [0.29, 0.717) is 30.2 Å². The molecule has 1 amide bonds. The number of aromatic amines is 1. The Kier molecular flexibility index (Phi) is 5.68. The van der Waals surface area contributed by atoms with Gasteiger partial charge < -0.3 is 15.6 Å². The number of amides is 1. The summed E-state index contributed by atoms with van der Waals surface area (Å²) in [6.07, 6.45) is 1.39. The van der Waals surface area contributed by atoms with Crippen LogP contribution in [-0.4, -0.2) is 35.9 Å². The average molecular weight is 394 g/mol. The molecule has 7 nitrogen and oxygen atoms in total. The topological polar surface area (TPSA) is 93.7 Å². The van der Waals surface area contributed by atoms with Gasteiger partial charge in [-0.15, -0.1) is 0 Å². The number of halogens is 3. The minimum absolute atomic E-state index is 0.0719. The number of carbonyl (C=O) groups excluding carboxylic acids is 1. The molecule has 1 aromatic rings. The Morgan fingerprint density at radius 3 is 2.79 bits per heavy atom. The number of hydrazone groups is 1. The van der Waals surface area contributed by atoms with Crippen molar-refractivity contribution in [1.29, 1.82) is 0 Å². The zero-order valence-electron chi connectivity index (χ0n) is 15.4. The second kappa shape index (κ2) is 8.01. The first-order valence-corrected chi connectivity index (χ1v) is 8.86. The Labute approximate surface area is 159 Å². The number of H-pyrrole nitrogens is 1. The predicted molar refractivity (Wildman–Crippen MR) is 101 cm³/mol. The fourth-order valence-corrected chi connectivity index (χ4v) is 3.23. The summed E-state index contributed by atoms with van der Waals surface area (Å²) in [4.78, 5) is 18.9. The van der Waals surface area contributed by atoms with Crippen LogP contribution >= 0.6 is 0 Å². The summed E-state index contributed by atoms with van der Waals surface area (Å²) < 4.78 is 41.5. The monoisotopic (exact) mass is 394 g/mol. The summed E-state index contributed by atoms with van der Waals surface area (Å²) in [5, 5.41) is 9.63. The number of aromatic nitrogens is 1. The van der Waals surface area contributed by atoms with E-state index in [9.17, 15) is 18.0 Å². The van der Waals surface area contributed by atoms with Gasteiger partial charge in [-0.3, -0.25) is 9.79 Å². The molecule has 0 saturated carbocycles. The number of alkyl halides is 3. The van der Waals surface area contributed by atoms with Crippen LogP contribution < -0.4 is 16.1 Å². The summed E-state index contributed by atoms with van der Waals surface area (Å²) in [6.45, 7) is 4.65. The third-order valence-corrected chi connectivity index (χ3v) is 4.50. The highest BCUT2D eigenvalue weighted by atomic mass is 19.4. The van der Waals surface area contributed by atoms with Gasteiger partial charge in [0.25, 0.3) is 5.91 Å². The largest absolute Gasteiger partial charge is 0.418 e. The second-order valence-electron chi connectivity index (χ2n) is 6.38. The molecular formula is C18H21F3N6O. The second-order valence-corrected chi connectivity index (χ2v) is 6.38. The highest BCUT2D eigenvalue weighted by molar-refractivity contribution is 6.24. The molecule has 3 heterocycles. The molecule has 1 unspecified atom stereocenters. The van der Waals surface area contributed by atoms with Crippen molar-refractivity contribution in [2.45, 2.75) is 26.4 Å². The van der Waals surface area contributed by atoms with Gasteiger partial charge >= 0.3 is 6.18 Å². The molecule has 150 valence electrons. The fourth-order valence-electron chi connectivity index (χ4n) is 3.23. The van der Waals surface area contributed by atoms with E-state index in [1.165, 1.54) is 24.7 Å². The van der Waals surface area contributed by atoms with Gasteiger partial charge in [0.1, 0.15) is 5.92 Å². The first-order valence-electron chi connectivity index (χ1n) is 8.86. The van der Waals surface area contributed by atoms with Crippen molar-refractivity contribution in [3.05, 3.63) is 40.6 Å². The molecule has 1 aromatic heterocycles. The van der Waals surface area contributed by atoms with Gasteiger partial charge in [-0.25, -0.2) is 5.43 Å². The van der Waals surface area contributed by atoms with Crippen LogP contribution in [0.25, 0.3) is 6.08 Å². The molecule has 28 heavy (non-hydrogen) atoms. The van der Waals surface area contributed by atoms with Gasteiger partial charge in [-0.1, -0.05) is 6.92 Å². The highest BCUT2D eigenvalue weighted by Crippen LogP contribution is 2.37. The van der Waals surface area contributed by atoms with Gasteiger partial charge in [0.2, 0.25) is 0 Å². The maximum Gasteiger partial charge on any atom is 0.418 e.